The fraction of sp³-hybridized carbons (Fsp3) is 0.444. The van der Waals surface area contributed by atoms with Crippen LogP contribution in [-0.2, 0) is 6.54 Å². The Bertz CT molecular complexity index is 753. The summed E-state index contributed by atoms with van der Waals surface area (Å²) in [4.78, 5) is 11.2. The standard InChI is InChI=1S/C18H25N5O2S.HI/c1-4-19-17(20-9-13-12-26-18(22-13)23(2)3)21-10-14-11-24-15-7-5-6-8-16(15)25-14;/h5-8,12,14H,4,9-11H2,1-3H3,(H2,19,20,21);1H. The zero-order valence-corrected chi connectivity index (χ0v) is 18.9. The molecule has 0 saturated heterocycles. The van der Waals surface area contributed by atoms with Crippen molar-refractivity contribution < 1.29 is 9.47 Å². The number of para-hydroxylation sites is 2. The number of hydrogen-bond acceptors (Lipinski definition) is 6. The molecule has 9 heteroatoms. The first-order valence-electron chi connectivity index (χ1n) is 8.68. The minimum atomic E-state index is -0.0617. The Balaban J connectivity index is 0.00000261. The van der Waals surface area contributed by atoms with Crippen molar-refractivity contribution in [2.75, 3.05) is 38.7 Å². The van der Waals surface area contributed by atoms with Gasteiger partial charge in [0.05, 0.1) is 18.8 Å². The third-order valence-corrected chi connectivity index (χ3v) is 4.79. The molecule has 7 nitrogen and oxygen atoms in total. The fourth-order valence-corrected chi connectivity index (χ4v) is 3.20. The van der Waals surface area contributed by atoms with Crippen LogP contribution in [0.25, 0.3) is 0 Å². The fourth-order valence-electron chi connectivity index (χ4n) is 2.45. The molecule has 1 aliphatic heterocycles. The summed E-state index contributed by atoms with van der Waals surface area (Å²) in [6.45, 7) is 4.49. The molecule has 2 N–H and O–H groups in total. The van der Waals surface area contributed by atoms with Gasteiger partial charge in [0.15, 0.2) is 22.6 Å². The van der Waals surface area contributed by atoms with Crippen molar-refractivity contribution >= 4 is 46.4 Å². The second kappa shape index (κ2) is 10.5. The molecule has 1 aromatic carbocycles. The van der Waals surface area contributed by atoms with E-state index in [9.17, 15) is 0 Å². The first kappa shape index (κ1) is 21.5. The highest BCUT2D eigenvalue weighted by Crippen LogP contribution is 2.30. The van der Waals surface area contributed by atoms with Crippen molar-refractivity contribution in [3.05, 3.63) is 35.3 Å². The number of hydrogen-bond donors (Lipinski definition) is 2. The summed E-state index contributed by atoms with van der Waals surface area (Å²) in [5.74, 6) is 2.32. The van der Waals surface area contributed by atoms with Crippen molar-refractivity contribution in [2.45, 2.75) is 19.6 Å². The van der Waals surface area contributed by atoms with Crippen molar-refractivity contribution in [1.82, 2.24) is 15.6 Å². The Labute approximate surface area is 181 Å². The molecule has 1 atom stereocenters. The lowest BCUT2D eigenvalue weighted by atomic mass is 10.2. The Morgan fingerprint density at radius 3 is 2.78 bits per heavy atom. The van der Waals surface area contributed by atoms with Gasteiger partial charge in [-0.2, -0.15) is 0 Å². The van der Waals surface area contributed by atoms with E-state index in [0.29, 0.717) is 19.7 Å². The molecule has 0 radical (unpaired) electrons. The number of fused-ring (bicyclic) bond motifs is 1. The van der Waals surface area contributed by atoms with Crippen LogP contribution in [-0.4, -0.2) is 50.8 Å². The van der Waals surface area contributed by atoms with Crippen LogP contribution in [0.15, 0.2) is 34.6 Å². The number of ether oxygens (including phenoxy) is 2. The lowest BCUT2D eigenvalue weighted by molar-refractivity contribution is 0.0936. The minimum Gasteiger partial charge on any atom is -0.486 e. The number of nitrogens with zero attached hydrogens (tertiary/aromatic N) is 3. The van der Waals surface area contributed by atoms with E-state index in [1.165, 1.54) is 0 Å². The Morgan fingerprint density at radius 2 is 2.07 bits per heavy atom. The monoisotopic (exact) mass is 503 g/mol. The van der Waals surface area contributed by atoms with Crippen LogP contribution in [0, 0.1) is 0 Å². The normalized spacial score (nSPS) is 15.7. The molecule has 0 bridgehead atoms. The van der Waals surface area contributed by atoms with Gasteiger partial charge in [-0.1, -0.05) is 12.1 Å². The Morgan fingerprint density at radius 1 is 1.30 bits per heavy atom. The lowest BCUT2D eigenvalue weighted by Gasteiger charge is -2.27. The van der Waals surface area contributed by atoms with Gasteiger partial charge in [0.25, 0.3) is 0 Å². The van der Waals surface area contributed by atoms with Crippen LogP contribution in [0.5, 0.6) is 11.5 Å². The molecule has 3 rings (SSSR count). The average Bonchev–Trinajstić information content (AvgIpc) is 3.13. The molecular formula is C18H26IN5O2S. The second-order valence-electron chi connectivity index (χ2n) is 6.09. The first-order chi connectivity index (χ1) is 12.7. The molecule has 0 spiro atoms. The van der Waals surface area contributed by atoms with Crippen LogP contribution < -0.4 is 25.0 Å². The Kier molecular flexibility index (Phi) is 8.42. The highest BCUT2D eigenvalue weighted by molar-refractivity contribution is 14.0. The van der Waals surface area contributed by atoms with Crippen LogP contribution in [0.3, 0.4) is 0 Å². The van der Waals surface area contributed by atoms with Crippen molar-refractivity contribution in [1.29, 1.82) is 0 Å². The predicted molar refractivity (Wildman–Crippen MR) is 121 cm³/mol. The molecule has 0 fully saturated rings. The summed E-state index contributed by atoms with van der Waals surface area (Å²) in [6.07, 6.45) is -0.0617. The van der Waals surface area contributed by atoms with E-state index in [0.717, 1.165) is 34.8 Å². The maximum atomic E-state index is 5.97. The van der Waals surface area contributed by atoms with Gasteiger partial charge in [-0.15, -0.1) is 35.3 Å². The quantitative estimate of drug-likeness (QED) is 0.359. The molecule has 148 valence electrons. The van der Waals surface area contributed by atoms with E-state index in [-0.39, 0.29) is 30.1 Å². The second-order valence-corrected chi connectivity index (χ2v) is 6.93. The predicted octanol–water partition coefficient (Wildman–Crippen LogP) is 2.72. The summed E-state index contributed by atoms with van der Waals surface area (Å²) in [5, 5.41) is 9.59. The van der Waals surface area contributed by atoms with Gasteiger partial charge >= 0.3 is 0 Å². The summed E-state index contributed by atoms with van der Waals surface area (Å²) in [7, 11) is 3.98. The zero-order valence-electron chi connectivity index (χ0n) is 15.8. The van der Waals surface area contributed by atoms with Crippen molar-refractivity contribution in [3.63, 3.8) is 0 Å². The Hall–Kier alpha value is -1.75. The largest absolute Gasteiger partial charge is 0.486 e. The summed E-state index contributed by atoms with van der Waals surface area (Å²) < 4.78 is 11.7. The van der Waals surface area contributed by atoms with Crippen molar-refractivity contribution in [3.8, 4) is 11.5 Å². The topological polar surface area (TPSA) is 71.0 Å². The summed E-state index contributed by atoms with van der Waals surface area (Å²) in [5.41, 5.74) is 0.960. The average molecular weight is 503 g/mol. The number of halogens is 1. The van der Waals surface area contributed by atoms with E-state index in [2.05, 4.69) is 20.6 Å². The zero-order chi connectivity index (χ0) is 18.4. The van der Waals surface area contributed by atoms with Gasteiger partial charge in [-0.3, -0.25) is 0 Å². The maximum absolute atomic E-state index is 5.97. The van der Waals surface area contributed by atoms with E-state index in [4.69, 9.17) is 9.47 Å². The van der Waals surface area contributed by atoms with Crippen LogP contribution in [0.2, 0.25) is 0 Å². The van der Waals surface area contributed by atoms with Gasteiger partial charge in [0.1, 0.15) is 12.7 Å². The van der Waals surface area contributed by atoms with Crippen LogP contribution >= 0.6 is 35.3 Å². The maximum Gasteiger partial charge on any atom is 0.191 e. The van der Waals surface area contributed by atoms with Gasteiger partial charge < -0.3 is 25.0 Å². The van der Waals surface area contributed by atoms with Gasteiger partial charge in [-0.25, -0.2) is 9.98 Å². The van der Waals surface area contributed by atoms with Gasteiger partial charge in [0, 0.05) is 26.0 Å². The number of guanidine groups is 1. The van der Waals surface area contributed by atoms with Crippen LogP contribution in [0.1, 0.15) is 12.6 Å². The summed E-state index contributed by atoms with van der Waals surface area (Å²) >= 11 is 1.62. The number of rotatable bonds is 6. The lowest BCUT2D eigenvalue weighted by Crippen LogP contribution is -2.45. The third kappa shape index (κ3) is 6.13. The smallest absolute Gasteiger partial charge is 0.191 e. The van der Waals surface area contributed by atoms with E-state index in [1.807, 2.05) is 55.6 Å². The molecule has 27 heavy (non-hydrogen) atoms. The number of benzene rings is 1. The molecule has 1 unspecified atom stereocenters. The van der Waals surface area contributed by atoms with Crippen LogP contribution in [0.4, 0.5) is 5.13 Å². The number of thiazole rings is 1. The van der Waals surface area contributed by atoms with Gasteiger partial charge in [0.2, 0.25) is 0 Å². The molecule has 1 aromatic heterocycles. The van der Waals surface area contributed by atoms with E-state index >= 15 is 0 Å². The molecule has 0 saturated carbocycles. The van der Waals surface area contributed by atoms with Gasteiger partial charge in [-0.05, 0) is 19.1 Å². The third-order valence-electron chi connectivity index (χ3n) is 3.73. The highest BCUT2D eigenvalue weighted by atomic mass is 127. The molecular weight excluding hydrogens is 477 g/mol. The highest BCUT2D eigenvalue weighted by Gasteiger charge is 2.20. The minimum absolute atomic E-state index is 0. The van der Waals surface area contributed by atoms with E-state index in [1.54, 1.807) is 11.3 Å². The summed E-state index contributed by atoms with van der Waals surface area (Å²) in [6, 6.07) is 7.72. The molecule has 0 aliphatic carbocycles. The molecule has 1 aliphatic rings. The molecule has 0 amide bonds. The molecule has 2 heterocycles. The number of anilines is 1. The number of aromatic nitrogens is 1. The van der Waals surface area contributed by atoms with E-state index < -0.39 is 0 Å². The number of aliphatic imine (C=N–C) groups is 1. The number of nitrogens with one attached hydrogen (secondary N) is 2. The van der Waals surface area contributed by atoms with Crippen molar-refractivity contribution in [2.24, 2.45) is 4.99 Å². The first-order valence-corrected chi connectivity index (χ1v) is 9.56. The SMILES string of the molecule is CCNC(=NCc1csc(N(C)C)n1)NCC1COc2ccccc2O1.I. The molecule has 2 aromatic rings.